The molecule has 0 saturated carbocycles. The van der Waals surface area contributed by atoms with Gasteiger partial charge in [0, 0.05) is 18.3 Å². The Morgan fingerprint density at radius 1 is 1.04 bits per heavy atom. The van der Waals surface area contributed by atoms with Gasteiger partial charge in [-0.1, -0.05) is 75.8 Å². The summed E-state index contributed by atoms with van der Waals surface area (Å²) >= 11 is 0. The van der Waals surface area contributed by atoms with Crippen molar-refractivity contribution in [3.8, 4) is 11.8 Å². The summed E-state index contributed by atoms with van der Waals surface area (Å²) in [5.74, 6) is 6.52. The first-order valence-corrected chi connectivity index (χ1v) is 9.43. The zero-order valence-electron chi connectivity index (χ0n) is 15.6. The molecule has 0 fully saturated rings. The largest absolute Gasteiger partial charge is 0.391 e. The molecule has 1 aromatic rings. The predicted molar refractivity (Wildman–Crippen MR) is 102 cm³/mol. The Labute approximate surface area is 148 Å². The van der Waals surface area contributed by atoms with Crippen LogP contribution in [0.4, 0.5) is 0 Å². The Bertz CT molecular complexity index is 472. The lowest BCUT2D eigenvalue weighted by atomic mass is 9.94. The van der Waals surface area contributed by atoms with Gasteiger partial charge in [-0.05, 0) is 18.9 Å². The van der Waals surface area contributed by atoms with Gasteiger partial charge in [0.25, 0.3) is 0 Å². The standard InChI is InChI=1S/C22H34O2/c1-4-5-6-7-8-9-11-14-19(2)22(23)20(3)17-24-18-21-15-12-10-13-16-21/h10,12-13,15-16,19-20,22-23H,4-9,17-18H2,1-3H3/t19-,20-,22-/m1/s1. The SMILES string of the molecule is CCCCCCCC#C[C@@H](C)[C@@H](O)[C@H](C)COCc1ccccc1. The zero-order chi connectivity index (χ0) is 17.6. The summed E-state index contributed by atoms with van der Waals surface area (Å²) in [5, 5.41) is 10.4. The van der Waals surface area contributed by atoms with Crippen molar-refractivity contribution in [2.45, 2.75) is 72.0 Å². The van der Waals surface area contributed by atoms with Gasteiger partial charge in [0.1, 0.15) is 0 Å². The second-order valence-corrected chi connectivity index (χ2v) is 6.74. The molecule has 3 atom stereocenters. The minimum absolute atomic E-state index is 0.00373. The number of ether oxygens (including phenoxy) is 1. The summed E-state index contributed by atoms with van der Waals surface area (Å²) in [6, 6.07) is 10.1. The highest BCUT2D eigenvalue weighted by atomic mass is 16.5. The van der Waals surface area contributed by atoms with Crippen molar-refractivity contribution in [1.29, 1.82) is 0 Å². The number of rotatable bonds is 11. The Hall–Kier alpha value is -1.30. The fraction of sp³-hybridized carbons (Fsp3) is 0.636. The summed E-state index contributed by atoms with van der Waals surface area (Å²) in [6.07, 6.45) is 6.86. The van der Waals surface area contributed by atoms with Gasteiger partial charge in [-0.2, -0.15) is 0 Å². The molecule has 0 unspecified atom stereocenters. The molecule has 0 aliphatic rings. The molecule has 0 saturated heterocycles. The molecule has 24 heavy (non-hydrogen) atoms. The van der Waals surface area contributed by atoms with E-state index in [0.29, 0.717) is 13.2 Å². The highest BCUT2D eigenvalue weighted by Crippen LogP contribution is 2.14. The van der Waals surface area contributed by atoms with Gasteiger partial charge in [-0.25, -0.2) is 0 Å². The van der Waals surface area contributed by atoms with Crippen molar-refractivity contribution in [2.75, 3.05) is 6.61 Å². The van der Waals surface area contributed by atoms with Crippen LogP contribution in [0.2, 0.25) is 0 Å². The summed E-state index contributed by atoms with van der Waals surface area (Å²) in [4.78, 5) is 0. The minimum Gasteiger partial charge on any atom is -0.391 e. The van der Waals surface area contributed by atoms with Crippen molar-refractivity contribution in [3.05, 3.63) is 35.9 Å². The topological polar surface area (TPSA) is 29.5 Å². The highest BCUT2D eigenvalue weighted by molar-refractivity contribution is 5.13. The predicted octanol–water partition coefficient (Wildman–Crippen LogP) is 5.20. The molecule has 134 valence electrons. The number of aliphatic hydroxyl groups excluding tert-OH is 1. The maximum atomic E-state index is 10.4. The third-order valence-corrected chi connectivity index (χ3v) is 4.32. The molecule has 0 aliphatic carbocycles. The van der Waals surface area contributed by atoms with Gasteiger partial charge in [0.15, 0.2) is 0 Å². The molecule has 2 nitrogen and oxygen atoms in total. The molecule has 0 radical (unpaired) electrons. The first kappa shape index (κ1) is 20.7. The van der Waals surface area contributed by atoms with E-state index in [2.05, 4.69) is 30.9 Å². The molecule has 0 spiro atoms. The van der Waals surface area contributed by atoms with Crippen LogP contribution in [0.3, 0.4) is 0 Å². The van der Waals surface area contributed by atoms with E-state index in [4.69, 9.17) is 4.74 Å². The van der Waals surface area contributed by atoms with E-state index in [0.717, 1.165) is 12.0 Å². The number of benzene rings is 1. The lowest BCUT2D eigenvalue weighted by Gasteiger charge is -2.21. The average molecular weight is 331 g/mol. The highest BCUT2D eigenvalue weighted by Gasteiger charge is 2.19. The van der Waals surface area contributed by atoms with Crippen LogP contribution in [0.1, 0.15) is 64.9 Å². The molecular formula is C22H34O2. The number of aliphatic hydroxyl groups is 1. The van der Waals surface area contributed by atoms with Crippen molar-refractivity contribution < 1.29 is 9.84 Å². The first-order valence-electron chi connectivity index (χ1n) is 9.43. The van der Waals surface area contributed by atoms with Gasteiger partial charge in [-0.3, -0.25) is 0 Å². The van der Waals surface area contributed by atoms with Crippen LogP contribution in [0.25, 0.3) is 0 Å². The van der Waals surface area contributed by atoms with Crippen LogP contribution in [-0.4, -0.2) is 17.8 Å². The second kappa shape index (κ2) is 13.0. The minimum atomic E-state index is -0.437. The first-order chi connectivity index (χ1) is 11.6. The van der Waals surface area contributed by atoms with Crippen LogP contribution >= 0.6 is 0 Å². The maximum Gasteiger partial charge on any atom is 0.0722 e. The summed E-state index contributed by atoms with van der Waals surface area (Å²) in [5.41, 5.74) is 1.16. The van der Waals surface area contributed by atoms with Crippen molar-refractivity contribution in [2.24, 2.45) is 11.8 Å². The number of hydrogen-bond acceptors (Lipinski definition) is 2. The van der Waals surface area contributed by atoms with Gasteiger partial charge in [-0.15, -0.1) is 5.92 Å². The number of unbranched alkanes of at least 4 members (excludes halogenated alkanes) is 5. The Kier molecular flexibility index (Phi) is 11.3. The van der Waals surface area contributed by atoms with Crippen LogP contribution in [0.15, 0.2) is 30.3 Å². The maximum absolute atomic E-state index is 10.4. The van der Waals surface area contributed by atoms with Gasteiger partial charge >= 0.3 is 0 Å². The monoisotopic (exact) mass is 330 g/mol. The average Bonchev–Trinajstić information content (AvgIpc) is 2.61. The van der Waals surface area contributed by atoms with E-state index < -0.39 is 6.10 Å². The van der Waals surface area contributed by atoms with Crippen molar-refractivity contribution in [3.63, 3.8) is 0 Å². The smallest absolute Gasteiger partial charge is 0.0722 e. The van der Waals surface area contributed by atoms with E-state index in [-0.39, 0.29) is 11.8 Å². The molecule has 2 heteroatoms. The molecular weight excluding hydrogens is 296 g/mol. The van der Waals surface area contributed by atoms with E-state index in [1.54, 1.807) is 0 Å². The van der Waals surface area contributed by atoms with Gasteiger partial charge < -0.3 is 9.84 Å². The number of hydrogen-bond donors (Lipinski definition) is 1. The molecule has 1 rings (SSSR count). The van der Waals surface area contributed by atoms with Crippen LogP contribution in [0, 0.1) is 23.7 Å². The van der Waals surface area contributed by atoms with E-state index in [9.17, 15) is 5.11 Å². The fourth-order valence-corrected chi connectivity index (χ4v) is 2.66. The lowest BCUT2D eigenvalue weighted by Crippen LogP contribution is -2.28. The Morgan fingerprint density at radius 2 is 1.75 bits per heavy atom. The summed E-state index contributed by atoms with van der Waals surface area (Å²) < 4.78 is 5.73. The molecule has 1 N–H and O–H groups in total. The molecule has 0 aliphatic heterocycles. The quantitative estimate of drug-likeness (QED) is 0.446. The molecule has 1 aromatic carbocycles. The summed E-state index contributed by atoms with van der Waals surface area (Å²) in [6.45, 7) is 7.41. The van der Waals surface area contributed by atoms with Crippen LogP contribution in [-0.2, 0) is 11.3 Å². The third kappa shape index (κ3) is 9.11. The molecule has 0 bridgehead atoms. The van der Waals surface area contributed by atoms with Gasteiger partial charge in [0.2, 0.25) is 0 Å². The third-order valence-electron chi connectivity index (χ3n) is 4.32. The molecule has 0 amide bonds. The van der Waals surface area contributed by atoms with Crippen molar-refractivity contribution >= 4 is 0 Å². The van der Waals surface area contributed by atoms with E-state index in [1.165, 1.54) is 32.1 Å². The summed E-state index contributed by atoms with van der Waals surface area (Å²) in [7, 11) is 0. The normalized spacial score (nSPS) is 14.5. The second-order valence-electron chi connectivity index (χ2n) is 6.74. The van der Waals surface area contributed by atoms with Crippen LogP contribution in [0.5, 0.6) is 0 Å². The molecule has 0 aromatic heterocycles. The Morgan fingerprint density at radius 3 is 2.46 bits per heavy atom. The zero-order valence-corrected chi connectivity index (χ0v) is 15.6. The molecule has 0 heterocycles. The Balaban J connectivity index is 2.20. The van der Waals surface area contributed by atoms with Crippen LogP contribution < -0.4 is 0 Å². The lowest BCUT2D eigenvalue weighted by molar-refractivity contribution is 0.0150. The fourth-order valence-electron chi connectivity index (χ4n) is 2.66. The van der Waals surface area contributed by atoms with Gasteiger partial charge in [0.05, 0.1) is 19.3 Å². The van der Waals surface area contributed by atoms with E-state index in [1.807, 2.05) is 32.0 Å². The van der Waals surface area contributed by atoms with Crippen molar-refractivity contribution in [1.82, 2.24) is 0 Å². The van der Waals surface area contributed by atoms with E-state index >= 15 is 0 Å².